The number of allylic oxidation sites excluding steroid dienone is 4. The Morgan fingerprint density at radius 1 is 1.30 bits per heavy atom. The van der Waals surface area contributed by atoms with Gasteiger partial charge < -0.3 is 0 Å². The Hall–Kier alpha value is -0.820. The summed E-state index contributed by atoms with van der Waals surface area (Å²) in [6.07, 6.45) is 2.86. The summed E-state index contributed by atoms with van der Waals surface area (Å²) in [4.78, 5) is 0.961. The third-order valence-electron chi connectivity index (χ3n) is 3.11. The van der Waals surface area contributed by atoms with Crippen LogP contribution < -0.4 is 0 Å². The first-order chi connectivity index (χ1) is 9.21. The van der Waals surface area contributed by atoms with Gasteiger partial charge in [0.2, 0.25) is 0 Å². The van der Waals surface area contributed by atoms with Crippen LogP contribution in [0.3, 0.4) is 0 Å². The maximum atomic E-state index is 6.29. The number of rotatable bonds is 5. The number of benzene rings is 1. The van der Waals surface area contributed by atoms with Crippen LogP contribution in [0.25, 0.3) is 5.57 Å². The van der Waals surface area contributed by atoms with Gasteiger partial charge in [-0.15, -0.1) is 12.6 Å². The summed E-state index contributed by atoms with van der Waals surface area (Å²) in [7, 11) is 12.2. The van der Waals surface area contributed by atoms with Gasteiger partial charge in [-0.25, -0.2) is 0 Å². The lowest BCUT2D eigenvalue weighted by Crippen LogP contribution is -2.07. The Kier molecular flexibility index (Phi) is 6.26. The van der Waals surface area contributed by atoms with Crippen molar-refractivity contribution in [3.63, 3.8) is 0 Å². The standard InChI is InChI=1S/C17H22B2S/c1-12(14-8-6-5-7-9-14)10-15(17(3,4)19)16(20)11-13(2)18/h5-10,13,20H,11H2,1-4H3/b12-10+,16-15-. The molecular weight excluding hydrogens is 258 g/mol. The molecule has 1 rings (SSSR count). The van der Waals surface area contributed by atoms with E-state index in [1.165, 1.54) is 11.1 Å². The average Bonchev–Trinajstić information content (AvgIpc) is 2.34. The van der Waals surface area contributed by atoms with E-state index in [-0.39, 0.29) is 5.82 Å². The molecule has 20 heavy (non-hydrogen) atoms. The van der Waals surface area contributed by atoms with Crippen molar-refractivity contribution in [3.8, 4) is 0 Å². The average molecular weight is 280 g/mol. The molecule has 4 radical (unpaired) electrons. The van der Waals surface area contributed by atoms with Gasteiger partial charge in [-0.2, -0.15) is 0 Å². The highest BCUT2D eigenvalue weighted by molar-refractivity contribution is 7.84. The van der Waals surface area contributed by atoms with Crippen molar-refractivity contribution < 1.29 is 0 Å². The minimum Gasteiger partial charge on any atom is -0.148 e. The van der Waals surface area contributed by atoms with Crippen LogP contribution in [-0.4, -0.2) is 15.7 Å². The molecule has 0 heterocycles. The minimum absolute atomic E-state index is 0.0743. The highest BCUT2D eigenvalue weighted by atomic mass is 32.1. The van der Waals surface area contributed by atoms with E-state index in [9.17, 15) is 0 Å². The fraction of sp³-hybridized carbons (Fsp3) is 0.412. The summed E-state index contributed by atoms with van der Waals surface area (Å²) in [5.74, 6) is 0.0743. The van der Waals surface area contributed by atoms with E-state index in [1.54, 1.807) is 0 Å². The van der Waals surface area contributed by atoms with Crippen molar-refractivity contribution in [3.05, 3.63) is 52.4 Å². The summed E-state index contributed by atoms with van der Waals surface area (Å²) in [5, 5.41) is -0.442. The van der Waals surface area contributed by atoms with Crippen molar-refractivity contribution in [1.82, 2.24) is 0 Å². The normalized spacial score (nSPS) is 15.8. The second kappa shape index (κ2) is 7.26. The molecule has 0 fully saturated rings. The molecule has 0 spiro atoms. The first-order valence-corrected chi connectivity index (χ1v) is 7.37. The van der Waals surface area contributed by atoms with Gasteiger partial charge in [-0.05, 0) is 40.3 Å². The van der Waals surface area contributed by atoms with Crippen LogP contribution in [0.2, 0.25) is 11.1 Å². The smallest absolute Gasteiger partial charge is 0.0803 e. The zero-order valence-electron chi connectivity index (χ0n) is 12.9. The minimum atomic E-state index is -0.442. The molecule has 0 aliphatic rings. The molecule has 3 heteroatoms. The SMILES string of the molecule is [B]C(C)C/C(S)=C(\C=C(/C)c1ccccc1)C([B])(C)C. The van der Waals surface area contributed by atoms with Crippen molar-refractivity contribution in [2.24, 2.45) is 0 Å². The predicted octanol–water partition coefficient (Wildman–Crippen LogP) is 5.01. The van der Waals surface area contributed by atoms with Gasteiger partial charge in [0.1, 0.15) is 0 Å². The lowest BCUT2D eigenvalue weighted by molar-refractivity contribution is 0.801. The molecule has 0 aromatic heterocycles. The van der Waals surface area contributed by atoms with E-state index in [0.29, 0.717) is 0 Å². The molecule has 1 aromatic rings. The van der Waals surface area contributed by atoms with Crippen molar-refractivity contribution >= 4 is 33.9 Å². The summed E-state index contributed by atoms with van der Waals surface area (Å²) in [6.45, 7) is 8.06. The fourth-order valence-electron chi connectivity index (χ4n) is 2.06. The van der Waals surface area contributed by atoms with Gasteiger partial charge in [-0.3, -0.25) is 0 Å². The molecule has 0 nitrogen and oxygen atoms in total. The lowest BCUT2D eigenvalue weighted by Gasteiger charge is -2.25. The van der Waals surface area contributed by atoms with E-state index >= 15 is 0 Å². The quantitative estimate of drug-likeness (QED) is 0.437. The predicted molar refractivity (Wildman–Crippen MR) is 95.7 cm³/mol. The fourth-order valence-corrected chi connectivity index (χ4v) is 2.70. The van der Waals surface area contributed by atoms with E-state index in [4.69, 9.17) is 15.7 Å². The number of thiol groups is 1. The number of hydrogen-bond acceptors (Lipinski definition) is 1. The van der Waals surface area contributed by atoms with E-state index in [2.05, 4.69) is 37.8 Å². The summed E-state index contributed by atoms with van der Waals surface area (Å²) < 4.78 is 0. The van der Waals surface area contributed by atoms with Crippen LogP contribution in [0.1, 0.15) is 39.7 Å². The molecule has 1 atom stereocenters. The second-order valence-electron chi connectivity index (χ2n) is 5.96. The Bertz CT molecular complexity index is 493. The first kappa shape index (κ1) is 17.2. The van der Waals surface area contributed by atoms with Crippen LogP contribution in [0, 0.1) is 0 Å². The van der Waals surface area contributed by atoms with Crippen molar-refractivity contribution in [2.75, 3.05) is 0 Å². The third-order valence-corrected chi connectivity index (χ3v) is 3.53. The zero-order chi connectivity index (χ0) is 15.3. The van der Waals surface area contributed by atoms with Crippen LogP contribution >= 0.6 is 12.6 Å². The highest BCUT2D eigenvalue weighted by Gasteiger charge is 2.18. The maximum absolute atomic E-state index is 6.29. The van der Waals surface area contributed by atoms with Gasteiger partial charge in [-0.1, -0.05) is 63.0 Å². The summed E-state index contributed by atoms with van der Waals surface area (Å²) >= 11 is 4.62. The third kappa shape index (κ3) is 5.28. The molecule has 0 aliphatic carbocycles. The molecule has 0 N–H and O–H groups in total. The van der Waals surface area contributed by atoms with Gasteiger partial charge in [0, 0.05) is 0 Å². The molecule has 0 saturated heterocycles. The lowest BCUT2D eigenvalue weighted by atomic mass is 9.65. The monoisotopic (exact) mass is 280 g/mol. The maximum Gasteiger partial charge on any atom is 0.0803 e. The second-order valence-corrected chi connectivity index (χ2v) is 6.50. The van der Waals surface area contributed by atoms with Crippen LogP contribution in [0.15, 0.2) is 46.9 Å². The van der Waals surface area contributed by atoms with Crippen molar-refractivity contribution in [1.29, 1.82) is 0 Å². The van der Waals surface area contributed by atoms with Crippen LogP contribution in [-0.2, 0) is 0 Å². The molecule has 0 saturated carbocycles. The zero-order valence-corrected chi connectivity index (χ0v) is 13.7. The number of hydrogen-bond donors (Lipinski definition) is 1. The van der Waals surface area contributed by atoms with E-state index in [0.717, 1.165) is 16.9 Å². The van der Waals surface area contributed by atoms with E-state index in [1.807, 2.05) is 39.0 Å². The molecular formula is C17H22B2S. The molecule has 102 valence electrons. The van der Waals surface area contributed by atoms with Crippen molar-refractivity contribution in [2.45, 2.75) is 45.2 Å². The highest BCUT2D eigenvalue weighted by Crippen LogP contribution is 2.38. The van der Waals surface area contributed by atoms with Gasteiger partial charge >= 0.3 is 0 Å². The summed E-state index contributed by atoms with van der Waals surface area (Å²) in [5.41, 5.74) is 3.41. The van der Waals surface area contributed by atoms with Gasteiger partial charge in [0.25, 0.3) is 0 Å². The van der Waals surface area contributed by atoms with Gasteiger partial charge in [0.15, 0.2) is 0 Å². The largest absolute Gasteiger partial charge is 0.148 e. The Labute approximate surface area is 132 Å². The molecule has 1 aromatic carbocycles. The topological polar surface area (TPSA) is 0 Å². The molecule has 0 aliphatic heterocycles. The Morgan fingerprint density at radius 2 is 1.85 bits per heavy atom. The van der Waals surface area contributed by atoms with Crippen LogP contribution in [0.4, 0.5) is 0 Å². The van der Waals surface area contributed by atoms with Gasteiger partial charge in [0.05, 0.1) is 15.7 Å². The Balaban J connectivity index is 3.21. The summed E-state index contributed by atoms with van der Waals surface area (Å²) in [6, 6.07) is 10.3. The van der Waals surface area contributed by atoms with E-state index < -0.39 is 5.31 Å². The first-order valence-electron chi connectivity index (χ1n) is 6.92. The molecule has 1 unspecified atom stereocenters. The molecule has 0 bridgehead atoms. The van der Waals surface area contributed by atoms with Crippen LogP contribution in [0.5, 0.6) is 0 Å². The Morgan fingerprint density at radius 3 is 2.30 bits per heavy atom. The molecule has 0 amide bonds.